The fraction of sp³-hybridized carbons (Fsp3) is 0.333. The predicted octanol–water partition coefficient (Wildman–Crippen LogP) is 2.21. The molecular formula is C21H23N3O3S. The first-order chi connectivity index (χ1) is 13.5. The zero-order valence-corrected chi connectivity index (χ0v) is 16.4. The standard InChI is InChI=1S/C21H23N3O3S/c25-21(22-13-10-16-6-2-1-3-7-16)17-11-14-24(15-12-17)20-18-8-4-5-9-19(18)28(26,27)23-20/h1-9,17H,10-15H2,(H,22,25). The Balaban J connectivity index is 1.32. The van der Waals surface area contributed by atoms with Crippen LogP contribution in [0.5, 0.6) is 0 Å². The lowest BCUT2D eigenvalue weighted by atomic mass is 9.95. The normalized spacial score (nSPS) is 18.4. The number of piperidine rings is 1. The van der Waals surface area contributed by atoms with Crippen LogP contribution >= 0.6 is 0 Å². The van der Waals surface area contributed by atoms with Crippen LogP contribution in [0.25, 0.3) is 0 Å². The summed E-state index contributed by atoms with van der Waals surface area (Å²) in [5, 5.41) is 3.03. The Morgan fingerprint density at radius 1 is 1.04 bits per heavy atom. The van der Waals surface area contributed by atoms with E-state index in [4.69, 9.17) is 0 Å². The maximum atomic E-state index is 12.5. The maximum absolute atomic E-state index is 12.5. The average Bonchev–Trinajstić information content (AvgIpc) is 3.00. The van der Waals surface area contributed by atoms with E-state index in [-0.39, 0.29) is 16.7 Å². The number of nitrogens with zero attached hydrogens (tertiary/aromatic N) is 2. The highest BCUT2D eigenvalue weighted by atomic mass is 32.2. The number of amidine groups is 1. The third-order valence-electron chi connectivity index (χ3n) is 5.33. The van der Waals surface area contributed by atoms with Gasteiger partial charge in [0.15, 0.2) is 5.84 Å². The molecule has 7 heteroatoms. The van der Waals surface area contributed by atoms with Gasteiger partial charge in [-0.15, -0.1) is 4.40 Å². The Labute approximate surface area is 165 Å². The monoisotopic (exact) mass is 397 g/mol. The average molecular weight is 398 g/mol. The van der Waals surface area contributed by atoms with Gasteiger partial charge in [0.2, 0.25) is 5.91 Å². The van der Waals surface area contributed by atoms with Gasteiger partial charge in [-0.25, -0.2) is 0 Å². The number of benzene rings is 2. The van der Waals surface area contributed by atoms with Crippen molar-refractivity contribution in [2.75, 3.05) is 19.6 Å². The van der Waals surface area contributed by atoms with Crippen LogP contribution in [0.3, 0.4) is 0 Å². The second kappa shape index (κ2) is 7.75. The van der Waals surface area contributed by atoms with E-state index in [0.717, 1.165) is 6.42 Å². The fourth-order valence-electron chi connectivity index (χ4n) is 3.79. The van der Waals surface area contributed by atoms with Crippen molar-refractivity contribution in [1.82, 2.24) is 10.2 Å². The molecule has 28 heavy (non-hydrogen) atoms. The van der Waals surface area contributed by atoms with Crippen molar-refractivity contribution in [3.05, 3.63) is 65.7 Å². The molecule has 0 saturated carbocycles. The lowest BCUT2D eigenvalue weighted by molar-refractivity contribution is -0.126. The van der Waals surface area contributed by atoms with E-state index < -0.39 is 10.0 Å². The molecule has 1 N–H and O–H groups in total. The second-order valence-electron chi connectivity index (χ2n) is 7.17. The second-order valence-corrected chi connectivity index (χ2v) is 8.75. The third-order valence-corrected chi connectivity index (χ3v) is 6.66. The summed E-state index contributed by atoms with van der Waals surface area (Å²) in [7, 11) is -3.61. The summed E-state index contributed by atoms with van der Waals surface area (Å²) in [5.41, 5.74) is 1.87. The van der Waals surface area contributed by atoms with Gasteiger partial charge in [-0.1, -0.05) is 42.5 Å². The molecule has 2 aromatic carbocycles. The molecule has 2 aliphatic heterocycles. The van der Waals surface area contributed by atoms with Crippen LogP contribution in [0.1, 0.15) is 24.0 Å². The summed E-state index contributed by atoms with van der Waals surface area (Å²) in [6.07, 6.45) is 2.20. The zero-order valence-electron chi connectivity index (χ0n) is 15.5. The minimum Gasteiger partial charge on any atom is -0.356 e. The summed E-state index contributed by atoms with van der Waals surface area (Å²) >= 11 is 0. The number of nitrogens with one attached hydrogen (secondary N) is 1. The fourth-order valence-corrected chi connectivity index (χ4v) is 5.02. The van der Waals surface area contributed by atoms with Gasteiger partial charge in [0.1, 0.15) is 4.90 Å². The molecule has 0 aromatic heterocycles. The first kappa shape index (κ1) is 18.7. The van der Waals surface area contributed by atoms with Crippen molar-refractivity contribution >= 4 is 21.8 Å². The predicted molar refractivity (Wildman–Crippen MR) is 108 cm³/mol. The van der Waals surface area contributed by atoms with E-state index in [1.165, 1.54) is 5.56 Å². The van der Waals surface area contributed by atoms with Gasteiger partial charge in [0, 0.05) is 31.1 Å². The highest BCUT2D eigenvalue weighted by Crippen LogP contribution is 2.29. The smallest absolute Gasteiger partial charge is 0.285 e. The van der Waals surface area contributed by atoms with Crippen LogP contribution < -0.4 is 5.32 Å². The van der Waals surface area contributed by atoms with Gasteiger partial charge >= 0.3 is 0 Å². The Kier molecular flexibility index (Phi) is 5.17. The lowest BCUT2D eigenvalue weighted by Crippen LogP contribution is -2.43. The van der Waals surface area contributed by atoms with Crippen molar-refractivity contribution < 1.29 is 13.2 Å². The van der Waals surface area contributed by atoms with Gasteiger partial charge in [0.25, 0.3) is 10.0 Å². The van der Waals surface area contributed by atoms with Gasteiger partial charge in [-0.05, 0) is 37.0 Å². The summed E-state index contributed by atoms with van der Waals surface area (Å²) in [6.45, 7) is 1.88. The van der Waals surface area contributed by atoms with E-state index in [9.17, 15) is 13.2 Å². The number of amides is 1. The van der Waals surface area contributed by atoms with Gasteiger partial charge in [-0.2, -0.15) is 8.42 Å². The van der Waals surface area contributed by atoms with Gasteiger partial charge in [0.05, 0.1) is 0 Å². The van der Waals surface area contributed by atoms with E-state index in [0.29, 0.717) is 43.9 Å². The Morgan fingerprint density at radius 3 is 2.46 bits per heavy atom. The number of hydrogen-bond acceptors (Lipinski definition) is 4. The molecular weight excluding hydrogens is 374 g/mol. The molecule has 2 aromatic rings. The molecule has 6 nitrogen and oxygen atoms in total. The molecule has 2 aliphatic rings. The molecule has 0 spiro atoms. The molecule has 1 amide bonds. The van der Waals surface area contributed by atoms with E-state index in [1.54, 1.807) is 18.2 Å². The number of carbonyl (C=O) groups is 1. The highest BCUT2D eigenvalue weighted by Gasteiger charge is 2.34. The summed E-state index contributed by atoms with van der Waals surface area (Å²) in [4.78, 5) is 14.7. The van der Waals surface area contributed by atoms with Crippen molar-refractivity contribution in [1.29, 1.82) is 0 Å². The molecule has 0 bridgehead atoms. The molecule has 0 atom stereocenters. The third kappa shape index (κ3) is 3.80. The Morgan fingerprint density at radius 2 is 1.71 bits per heavy atom. The zero-order chi connectivity index (χ0) is 19.6. The topological polar surface area (TPSA) is 78.8 Å². The minimum absolute atomic E-state index is 0.0409. The van der Waals surface area contributed by atoms with Crippen LogP contribution in [0, 0.1) is 5.92 Å². The quantitative estimate of drug-likeness (QED) is 0.858. The molecule has 2 heterocycles. The molecule has 146 valence electrons. The summed E-state index contributed by atoms with van der Waals surface area (Å²) in [6, 6.07) is 17.0. The largest absolute Gasteiger partial charge is 0.356 e. The number of carbonyl (C=O) groups excluding carboxylic acids is 1. The summed E-state index contributed by atoms with van der Waals surface area (Å²) in [5.74, 6) is 0.552. The van der Waals surface area contributed by atoms with Crippen molar-refractivity contribution in [3.63, 3.8) is 0 Å². The number of hydrogen-bond donors (Lipinski definition) is 1. The van der Waals surface area contributed by atoms with Crippen LogP contribution in [-0.4, -0.2) is 44.7 Å². The SMILES string of the molecule is O=C(NCCc1ccccc1)C1CCN(C2=NS(=O)(=O)c3ccccc32)CC1. The molecule has 1 saturated heterocycles. The van der Waals surface area contributed by atoms with E-state index in [1.807, 2.05) is 29.2 Å². The maximum Gasteiger partial charge on any atom is 0.285 e. The van der Waals surface area contributed by atoms with Gasteiger partial charge < -0.3 is 10.2 Å². The first-order valence-electron chi connectivity index (χ1n) is 9.55. The molecule has 0 radical (unpaired) electrons. The summed E-state index contributed by atoms with van der Waals surface area (Å²) < 4.78 is 28.5. The van der Waals surface area contributed by atoms with Crippen LogP contribution in [0.2, 0.25) is 0 Å². The minimum atomic E-state index is -3.61. The number of rotatable bonds is 4. The first-order valence-corrected chi connectivity index (χ1v) is 11.0. The molecule has 1 fully saturated rings. The number of likely N-dealkylation sites (tertiary alicyclic amines) is 1. The van der Waals surface area contributed by atoms with Crippen molar-refractivity contribution in [2.24, 2.45) is 10.3 Å². The Bertz CT molecular complexity index is 995. The van der Waals surface area contributed by atoms with E-state index >= 15 is 0 Å². The Hall–Kier alpha value is -2.67. The van der Waals surface area contributed by atoms with Crippen LogP contribution in [0.4, 0.5) is 0 Å². The number of fused-ring (bicyclic) bond motifs is 1. The van der Waals surface area contributed by atoms with Gasteiger partial charge in [-0.3, -0.25) is 4.79 Å². The van der Waals surface area contributed by atoms with E-state index in [2.05, 4.69) is 21.8 Å². The number of sulfonamides is 1. The molecule has 0 unspecified atom stereocenters. The van der Waals surface area contributed by atoms with Crippen molar-refractivity contribution in [3.8, 4) is 0 Å². The molecule has 0 aliphatic carbocycles. The molecule has 4 rings (SSSR count). The highest BCUT2D eigenvalue weighted by molar-refractivity contribution is 7.90. The van der Waals surface area contributed by atoms with Crippen molar-refractivity contribution in [2.45, 2.75) is 24.2 Å². The van der Waals surface area contributed by atoms with Crippen LogP contribution in [0.15, 0.2) is 63.9 Å². The van der Waals surface area contributed by atoms with Crippen LogP contribution in [-0.2, 0) is 21.2 Å². The lowest BCUT2D eigenvalue weighted by Gasteiger charge is -2.32.